The topological polar surface area (TPSA) is 46.2 Å². The van der Waals surface area contributed by atoms with Crippen molar-refractivity contribution in [3.8, 4) is 0 Å². The zero-order valence-corrected chi connectivity index (χ0v) is 15.7. The summed E-state index contributed by atoms with van der Waals surface area (Å²) in [6, 6.07) is 15.3. The summed E-state index contributed by atoms with van der Waals surface area (Å²) in [6.07, 6.45) is 0. The van der Waals surface area contributed by atoms with Crippen molar-refractivity contribution in [2.24, 2.45) is 11.3 Å². The molecule has 0 spiro atoms. The number of anilines is 1. The van der Waals surface area contributed by atoms with Crippen LogP contribution in [-0.4, -0.2) is 11.6 Å². The van der Waals surface area contributed by atoms with Gasteiger partial charge in [0, 0.05) is 34.7 Å². The molecule has 0 heterocycles. The molecule has 0 aliphatic carbocycles. The largest absolute Gasteiger partial charge is 0.380 e. The van der Waals surface area contributed by atoms with Gasteiger partial charge >= 0.3 is 0 Å². The predicted molar refractivity (Wildman–Crippen MR) is 103 cm³/mol. The van der Waals surface area contributed by atoms with Gasteiger partial charge in [0.1, 0.15) is 0 Å². The molecule has 0 amide bonds. The van der Waals surface area contributed by atoms with Crippen molar-refractivity contribution >= 4 is 17.3 Å². The average Bonchev–Trinajstić information content (AvgIpc) is 2.58. The van der Waals surface area contributed by atoms with Crippen LogP contribution in [0.5, 0.6) is 0 Å². The van der Waals surface area contributed by atoms with E-state index in [4.69, 9.17) is 0 Å². The number of rotatable bonds is 6. The zero-order chi connectivity index (χ0) is 18.6. The summed E-state index contributed by atoms with van der Waals surface area (Å²) in [6.45, 7) is 10.1. The Labute approximate surface area is 150 Å². The highest BCUT2D eigenvalue weighted by molar-refractivity contribution is 6.06. The second kappa shape index (κ2) is 7.64. The molecule has 0 aromatic heterocycles. The molecule has 1 N–H and O–H groups in total. The van der Waals surface area contributed by atoms with Crippen molar-refractivity contribution in [2.75, 3.05) is 5.32 Å². The lowest BCUT2D eigenvalue weighted by Crippen LogP contribution is -2.22. The lowest BCUT2D eigenvalue weighted by Gasteiger charge is -2.20. The van der Waals surface area contributed by atoms with E-state index in [1.807, 2.05) is 71.0 Å². The Morgan fingerprint density at radius 3 is 2.20 bits per heavy atom. The first kappa shape index (κ1) is 18.9. The third kappa shape index (κ3) is 4.79. The van der Waals surface area contributed by atoms with Crippen LogP contribution < -0.4 is 5.32 Å². The number of carbonyl (C=O) groups is 2. The Kier molecular flexibility index (Phi) is 5.78. The molecule has 0 bridgehead atoms. The Hall–Kier alpha value is -2.42. The van der Waals surface area contributed by atoms with Crippen LogP contribution in [0.15, 0.2) is 48.5 Å². The lowest BCUT2D eigenvalue weighted by molar-refractivity contribution is 0.0858. The molecule has 0 fully saturated rings. The number of benzene rings is 2. The molecule has 3 nitrogen and oxygen atoms in total. The Bertz CT molecular complexity index is 755. The molecule has 0 unspecified atom stereocenters. The predicted octanol–water partition coefficient (Wildman–Crippen LogP) is 5.37. The smallest absolute Gasteiger partial charge is 0.170 e. The molecule has 0 aliphatic rings. The van der Waals surface area contributed by atoms with Crippen molar-refractivity contribution < 1.29 is 9.59 Å². The van der Waals surface area contributed by atoms with E-state index in [-0.39, 0.29) is 17.5 Å². The van der Waals surface area contributed by atoms with E-state index in [1.54, 1.807) is 12.1 Å². The van der Waals surface area contributed by atoms with Crippen LogP contribution in [0.2, 0.25) is 0 Å². The van der Waals surface area contributed by atoms with E-state index in [9.17, 15) is 9.59 Å². The Morgan fingerprint density at radius 1 is 1.00 bits per heavy atom. The molecule has 0 saturated heterocycles. The van der Waals surface area contributed by atoms with Crippen LogP contribution in [0.4, 0.5) is 5.69 Å². The SMILES string of the molecule is CC(C)C(=O)c1ccc(C(=O)C(C)(C)C)c(NCc2ccccc2)c1. The van der Waals surface area contributed by atoms with Gasteiger partial charge in [0.15, 0.2) is 11.6 Å². The van der Waals surface area contributed by atoms with E-state index in [1.165, 1.54) is 0 Å². The van der Waals surface area contributed by atoms with E-state index in [2.05, 4.69) is 5.32 Å². The van der Waals surface area contributed by atoms with Gasteiger partial charge in [0.25, 0.3) is 0 Å². The first-order valence-corrected chi connectivity index (χ1v) is 8.71. The maximum atomic E-state index is 12.8. The summed E-state index contributed by atoms with van der Waals surface area (Å²) >= 11 is 0. The number of hydrogen-bond acceptors (Lipinski definition) is 3. The van der Waals surface area contributed by atoms with Crippen LogP contribution >= 0.6 is 0 Å². The highest BCUT2D eigenvalue weighted by Crippen LogP contribution is 2.28. The standard InChI is InChI=1S/C22H27NO2/c1-15(2)20(24)17-11-12-18(21(25)22(3,4)5)19(13-17)23-14-16-9-7-6-8-10-16/h6-13,15,23H,14H2,1-5H3. The second-order valence-electron chi connectivity index (χ2n) is 7.70. The van der Waals surface area contributed by atoms with Crippen LogP contribution in [0, 0.1) is 11.3 Å². The van der Waals surface area contributed by atoms with Gasteiger partial charge in [-0.3, -0.25) is 9.59 Å². The highest BCUT2D eigenvalue weighted by Gasteiger charge is 2.26. The molecule has 25 heavy (non-hydrogen) atoms. The number of Topliss-reactive ketones (excluding diaryl/α,β-unsaturated/α-hetero) is 2. The number of ketones is 2. The van der Waals surface area contributed by atoms with Gasteiger partial charge in [-0.15, -0.1) is 0 Å². The van der Waals surface area contributed by atoms with Gasteiger partial charge in [-0.25, -0.2) is 0 Å². The third-order valence-electron chi connectivity index (χ3n) is 4.08. The maximum absolute atomic E-state index is 12.8. The normalized spacial score (nSPS) is 11.4. The van der Waals surface area contributed by atoms with Crippen molar-refractivity contribution in [3.05, 3.63) is 65.2 Å². The quantitative estimate of drug-likeness (QED) is 0.721. The van der Waals surface area contributed by atoms with Crippen molar-refractivity contribution in [3.63, 3.8) is 0 Å². The van der Waals surface area contributed by atoms with Crippen molar-refractivity contribution in [1.82, 2.24) is 0 Å². The van der Waals surface area contributed by atoms with E-state index < -0.39 is 5.41 Å². The van der Waals surface area contributed by atoms with Gasteiger partial charge in [-0.2, -0.15) is 0 Å². The van der Waals surface area contributed by atoms with Gasteiger partial charge in [-0.05, 0) is 17.7 Å². The first-order chi connectivity index (χ1) is 11.7. The fraction of sp³-hybridized carbons (Fsp3) is 0.364. The highest BCUT2D eigenvalue weighted by atomic mass is 16.1. The minimum absolute atomic E-state index is 0.0617. The summed E-state index contributed by atoms with van der Waals surface area (Å²) < 4.78 is 0. The number of nitrogens with one attached hydrogen (secondary N) is 1. The molecule has 0 aliphatic heterocycles. The van der Waals surface area contributed by atoms with Crippen LogP contribution in [-0.2, 0) is 6.54 Å². The molecule has 0 radical (unpaired) electrons. The average molecular weight is 337 g/mol. The summed E-state index contributed by atoms with van der Waals surface area (Å²) in [5.41, 5.74) is 2.62. The van der Waals surface area contributed by atoms with Gasteiger partial charge in [0.2, 0.25) is 0 Å². The van der Waals surface area contributed by atoms with Crippen LogP contribution in [0.3, 0.4) is 0 Å². The molecular weight excluding hydrogens is 310 g/mol. The van der Waals surface area contributed by atoms with Crippen molar-refractivity contribution in [2.45, 2.75) is 41.2 Å². The number of carbonyl (C=O) groups excluding carboxylic acids is 2. The fourth-order valence-electron chi connectivity index (χ4n) is 2.57. The zero-order valence-electron chi connectivity index (χ0n) is 15.7. The summed E-state index contributed by atoms with van der Waals surface area (Å²) in [7, 11) is 0. The summed E-state index contributed by atoms with van der Waals surface area (Å²) in [5.74, 6) is 0.0651. The van der Waals surface area contributed by atoms with Gasteiger partial charge in [-0.1, -0.05) is 71.0 Å². The van der Waals surface area contributed by atoms with Gasteiger partial charge in [0.05, 0.1) is 0 Å². The van der Waals surface area contributed by atoms with Crippen molar-refractivity contribution in [1.29, 1.82) is 0 Å². The molecule has 132 valence electrons. The van der Waals surface area contributed by atoms with E-state index in [0.717, 1.165) is 11.3 Å². The fourth-order valence-corrected chi connectivity index (χ4v) is 2.57. The second-order valence-corrected chi connectivity index (χ2v) is 7.70. The Balaban J connectivity index is 2.38. The molecular formula is C22H27NO2. The first-order valence-electron chi connectivity index (χ1n) is 8.71. The molecule has 3 heteroatoms. The minimum atomic E-state index is -0.479. The molecule has 0 atom stereocenters. The lowest BCUT2D eigenvalue weighted by atomic mass is 9.85. The number of hydrogen-bond donors (Lipinski definition) is 1. The summed E-state index contributed by atoms with van der Waals surface area (Å²) in [4.78, 5) is 25.1. The molecule has 2 aromatic rings. The van der Waals surface area contributed by atoms with E-state index in [0.29, 0.717) is 17.7 Å². The summed E-state index contributed by atoms with van der Waals surface area (Å²) in [5, 5.41) is 3.34. The van der Waals surface area contributed by atoms with Crippen LogP contribution in [0.25, 0.3) is 0 Å². The van der Waals surface area contributed by atoms with Crippen LogP contribution in [0.1, 0.15) is 60.9 Å². The van der Waals surface area contributed by atoms with Gasteiger partial charge < -0.3 is 5.32 Å². The molecule has 2 rings (SSSR count). The Morgan fingerprint density at radius 2 is 1.64 bits per heavy atom. The molecule has 2 aromatic carbocycles. The third-order valence-corrected chi connectivity index (χ3v) is 4.08. The van der Waals surface area contributed by atoms with E-state index >= 15 is 0 Å². The maximum Gasteiger partial charge on any atom is 0.170 e. The monoisotopic (exact) mass is 337 g/mol. The minimum Gasteiger partial charge on any atom is -0.380 e. The molecule has 0 saturated carbocycles.